The van der Waals surface area contributed by atoms with Crippen LogP contribution < -0.4 is 15.2 Å². The van der Waals surface area contributed by atoms with Crippen LogP contribution in [0.2, 0.25) is 0 Å². The Morgan fingerprint density at radius 3 is 2.90 bits per heavy atom. The first-order chi connectivity index (χ1) is 9.76. The average Bonchev–Trinajstić information content (AvgIpc) is 2.93. The lowest BCUT2D eigenvalue weighted by atomic mass is 10.2. The van der Waals surface area contributed by atoms with Crippen molar-refractivity contribution in [2.75, 3.05) is 7.11 Å². The van der Waals surface area contributed by atoms with E-state index in [0.717, 1.165) is 24.2 Å². The second-order valence-corrected chi connectivity index (χ2v) is 4.32. The number of benzene rings is 1. The summed E-state index contributed by atoms with van der Waals surface area (Å²) in [5.74, 6) is 2.56. The quantitative estimate of drug-likeness (QED) is 0.834. The van der Waals surface area contributed by atoms with Crippen molar-refractivity contribution in [1.29, 1.82) is 0 Å². The van der Waals surface area contributed by atoms with Crippen molar-refractivity contribution >= 4 is 0 Å². The lowest BCUT2D eigenvalue weighted by Gasteiger charge is -2.10. The predicted octanol–water partition coefficient (Wildman–Crippen LogP) is 2.07. The molecule has 0 radical (unpaired) electrons. The molecule has 0 unspecified atom stereocenters. The van der Waals surface area contributed by atoms with Gasteiger partial charge in [-0.05, 0) is 12.5 Å². The molecule has 0 atom stereocenters. The van der Waals surface area contributed by atoms with Gasteiger partial charge in [-0.2, -0.15) is 4.98 Å². The number of hydrogen-bond acceptors (Lipinski definition) is 6. The summed E-state index contributed by atoms with van der Waals surface area (Å²) in [6.07, 6.45) is 1.75. The number of ether oxygens (including phenoxy) is 2. The van der Waals surface area contributed by atoms with Gasteiger partial charge >= 0.3 is 0 Å². The molecule has 0 aliphatic heterocycles. The molecular weight excluding hydrogens is 258 g/mol. The Morgan fingerprint density at radius 1 is 1.35 bits per heavy atom. The van der Waals surface area contributed by atoms with Crippen molar-refractivity contribution in [3.8, 4) is 11.5 Å². The predicted molar refractivity (Wildman–Crippen MR) is 73.5 cm³/mol. The maximum Gasteiger partial charge on any atom is 0.226 e. The summed E-state index contributed by atoms with van der Waals surface area (Å²) in [5.41, 5.74) is 6.59. The number of aromatic nitrogens is 2. The minimum Gasteiger partial charge on any atom is -0.497 e. The average molecular weight is 277 g/mol. The summed E-state index contributed by atoms with van der Waals surface area (Å²) in [5, 5.41) is 3.87. The van der Waals surface area contributed by atoms with Crippen molar-refractivity contribution in [2.45, 2.75) is 32.9 Å². The molecule has 0 bridgehead atoms. The molecule has 1 aromatic heterocycles. The summed E-state index contributed by atoms with van der Waals surface area (Å²) < 4.78 is 16.0. The number of rotatable bonds is 7. The zero-order chi connectivity index (χ0) is 14.4. The number of nitrogens with zero attached hydrogens (tertiary/aromatic N) is 2. The molecule has 2 N–H and O–H groups in total. The molecule has 0 fully saturated rings. The minimum absolute atomic E-state index is 0.243. The van der Waals surface area contributed by atoms with Crippen molar-refractivity contribution in [2.24, 2.45) is 5.73 Å². The minimum atomic E-state index is 0.243. The highest BCUT2D eigenvalue weighted by Crippen LogP contribution is 2.25. The Hall–Kier alpha value is -2.08. The van der Waals surface area contributed by atoms with Crippen LogP contribution in [0.3, 0.4) is 0 Å². The fourth-order valence-electron chi connectivity index (χ4n) is 1.77. The monoisotopic (exact) mass is 277 g/mol. The Morgan fingerprint density at radius 2 is 2.20 bits per heavy atom. The molecule has 2 aromatic rings. The number of methoxy groups -OCH3 is 1. The molecule has 0 spiro atoms. The fraction of sp³-hybridized carbons (Fsp3) is 0.429. The molecule has 6 nitrogen and oxygen atoms in total. The number of nitrogens with two attached hydrogens (primary N) is 1. The largest absolute Gasteiger partial charge is 0.497 e. The van der Waals surface area contributed by atoms with Gasteiger partial charge in [-0.1, -0.05) is 18.1 Å². The summed E-state index contributed by atoms with van der Waals surface area (Å²) in [4.78, 5) is 4.25. The van der Waals surface area contributed by atoms with Crippen LogP contribution in [0, 0.1) is 0 Å². The molecule has 1 heterocycles. The smallest absolute Gasteiger partial charge is 0.226 e. The van der Waals surface area contributed by atoms with Crippen LogP contribution >= 0.6 is 0 Å². The Labute approximate surface area is 117 Å². The van der Waals surface area contributed by atoms with Crippen LogP contribution in [0.1, 0.15) is 30.6 Å². The zero-order valence-electron chi connectivity index (χ0n) is 11.8. The molecule has 1 aromatic carbocycles. The van der Waals surface area contributed by atoms with E-state index in [1.807, 2.05) is 12.1 Å². The van der Waals surface area contributed by atoms with E-state index in [0.29, 0.717) is 24.0 Å². The topological polar surface area (TPSA) is 83.4 Å². The molecular formula is C14H19N3O3. The maximum atomic E-state index is 5.70. The van der Waals surface area contributed by atoms with Crippen LogP contribution in [0.15, 0.2) is 22.7 Å². The van der Waals surface area contributed by atoms with Crippen LogP contribution in [-0.4, -0.2) is 17.3 Å². The van der Waals surface area contributed by atoms with Crippen molar-refractivity contribution in [3.05, 3.63) is 35.5 Å². The van der Waals surface area contributed by atoms with Gasteiger partial charge in [0, 0.05) is 24.6 Å². The molecule has 20 heavy (non-hydrogen) atoms. The van der Waals surface area contributed by atoms with Gasteiger partial charge in [0.25, 0.3) is 0 Å². The van der Waals surface area contributed by atoms with E-state index >= 15 is 0 Å². The van der Waals surface area contributed by atoms with Crippen molar-refractivity contribution < 1.29 is 14.0 Å². The molecule has 0 amide bonds. The van der Waals surface area contributed by atoms with Gasteiger partial charge in [0.05, 0.1) is 7.11 Å². The Bertz CT molecular complexity index is 554. The highest BCUT2D eigenvalue weighted by Gasteiger charge is 2.09. The molecule has 0 aliphatic carbocycles. The summed E-state index contributed by atoms with van der Waals surface area (Å²) in [7, 11) is 1.61. The third-order valence-corrected chi connectivity index (χ3v) is 2.83. The standard InChI is InChI=1S/C14H19N3O3/c1-3-4-14-16-13(17-20-14)9-19-12-7-11(18-2)6-5-10(12)8-15/h5-7H,3-4,8-9,15H2,1-2H3. The Balaban J connectivity index is 2.05. The normalized spacial score (nSPS) is 10.6. The third kappa shape index (κ3) is 3.48. The highest BCUT2D eigenvalue weighted by atomic mass is 16.5. The molecule has 0 saturated heterocycles. The molecule has 108 valence electrons. The van der Waals surface area contributed by atoms with Crippen molar-refractivity contribution in [3.63, 3.8) is 0 Å². The summed E-state index contributed by atoms with van der Waals surface area (Å²) in [6.45, 7) is 2.70. The van der Waals surface area contributed by atoms with E-state index in [1.54, 1.807) is 13.2 Å². The van der Waals surface area contributed by atoms with E-state index in [9.17, 15) is 0 Å². The second-order valence-electron chi connectivity index (χ2n) is 4.32. The van der Waals surface area contributed by atoms with E-state index in [2.05, 4.69) is 17.1 Å². The first-order valence-corrected chi connectivity index (χ1v) is 6.58. The highest BCUT2D eigenvalue weighted by molar-refractivity contribution is 5.40. The lowest BCUT2D eigenvalue weighted by molar-refractivity contribution is 0.280. The van der Waals surface area contributed by atoms with E-state index in [4.69, 9.17) is 19.7 Å². The van der Waals surface area contributed by atoms with Gasteiger partial charge in [-0.15, -0.1) is 0 Å². The van der Waals surface area contributed by atoms with Gasteiger partial charge in [0.15, 0.2) is 6.61 Å². The van der Waals surface area contributed by atoms with Crippen LogP contribution in [0.5, 0.6) is 11.5 Å². The summed E-state index contributed by atoms with van der Waals surface area (Å²) >= 11 is 0. The molecule has 2 rings (SSSR count). The first kappa shape index (κ1) is 14.3. The van der Waals surface area contributed by atoms with Gasteiger partial charge < -0.3 is 19.7 Å². The third-order valence-electron chi connectivity index (χ3n) is 2.83. The van der Waals surface area contributed by atoms with Crippen LogP contribution in [0.4, 0.5) is 0 Å². The van der Waals surface area contributed by atoms with Crippen molar-refractivity contribution in [1.82, 2.24) is 10.1 Å². The zero-order valence-corrected chi connectivity index (χ0v) is 11.8. The number of aryl methyl sites for hydroxylation is 1. The van der Waals surface area contributed by atoms with Gasteiger partial charge in [0.1, 0.15) is 11.5 Å². The van der Waals surface area contributed by atoms with Gasteiger partial charge in [-0.25, -0.2) is 0 Å². The fourth-order valence-corrected chi connectivity index (χ4v) is 1.77. The van der Waals surface area contributed by atoms with Crippen LogP contribution in [-0.2, 0) is 19.6 Å². The SMILES string of the molecule is CCCc1nc(COc2cc(OC)ccc2CN)no1. The lowest BCUT2D eigenvalue weighted by Crippen LogP contribution is -2.04. The van der Waals surface area contributed by atoms with E-state index in [1.165, 1.54) is 0 Å². The molecule has 6 heteroatoms. The second kappa shape index (κ2) is 6.91. The van der Waals surface area contributed by atoms with Gasteiger partial charge in [-0.3, -0.25) is 0 Å². The maximum absolute atomic E-state index is 5.70. The van der Waals surface area contributed by atoms with Gasteiger partial charge in [0.2, 0.25) is 11.7 Å². The first-order valence-electron chi connectivity index (χ1n) is 6.58. The van der Waals surface area contributed by atoms with Crippen LogP contribution in [0.25, 0.3) is 0 Å². The van der Waals surface area contributed by atoms with E-state index < -0.39 is 0 Å². The number of hydrogen-bond donors (Lipinski definition) is 1. The Kier molecular flexibility index (Phi) is 4.95. The van der Waals surface area contributed by atoms with E-state index in [-0.39, 0.29) is 6.61 Å². The molecule has 0 aliphatic rings. The summed E-state index contributed by atoms with van der Waals surface area (Å²) in [6, 6.07) is 5.53. The molecule has 0 saturated carbocycles.